The highest BCUT2D eigenvalue weighted by atomic mass is 35.6. The molecule has 0 aliphatic carbocycles. The fourth-order valence-corrected chi connectivity index (χ4v) is 1.16. The highest BCUT2D eigenvalue weighted by Crippen LogP contribution is 2.33. The third kappa shape index (κ3) is 2.44. The van der Waals surface area contributed by atoms with Gasteiger partial charge in [-0.05, 0) is 18.2 Å². The first-order valence-corrected chi connectivity index (χ1v) is 4.59. The molecule has 0 bridgehead atoms. The number of hydrogen-bond donors (Lipinski definition) is 2. The van der Waals surface area contributed by atoms with E-state index in [0.717, 1.165) is 12.1 Å². The minimum absolute atomic E-state index is 0.0142. The summed E-state index contributed by atoms with van der Waals surface area (Å²) in [4.78, 5) is 11.3. The first-order valence-electron chi connectivity index (χ1n) is 3.46. The van der Waals surface area contributed by atoms with Crippen LogP contribution in [0, 0.1) is 0 Å². The summed E-state index contributed by atoms with van der Waals surface area (Å²) in [6.07, 6.45) is 0. The average molecular weight is 255 g/mol. The summed E-state index contributed by atoms with van der Waals surface area (Å²) in [5, 5.41) is 18.1. The van der Waals surface area contributed by atoms with Crippen LogP contribution >= 0.6 is 34.8 Å². The fourth-order valence-electron chi connectivity index (χ4n) is 0.828. The molecule has 1 aromatic carbocycles. The minimum atomic E-state index is -2.07. The number of ketones is 1. The highest BCUT2D eigenvalue weighted by Gasteiger charge is 2.31. The van der Waals surface area contributed by atoms with Gasteiger partial charge in [0.05, 0.1) is 0 Å². The molecule has 0 spiro atoms. The number of alkyl halides is 3. The first-order chi connectivity index (χ1) is 6.32. The topological polar surface area (TPSA) is 57.5 Å². The predicted octanol–water partition coefficient (Wildman–Crippen LogP) is 2.65. The van der Waals surface area contributed by atoms with Gasteiger partial charge in [0.1, 0.15) is 0 Å². The lowest BCUT2D eigenvalue weighted by Crippen LogP contribution is -2.18. The van der Waals surface area contributed by atoms with Crippen LogP contribution in [-0.2, 0) is 0 Å². The van der Waals surface area contributed by atoms with Gasteiger partial charge >= 0.3 is 0 Å². The van der Waals surface area contributed by atoms with E-state index < -0.39 is 15.3 Å². The second-order valence-electron chi connectivity index (χ2n) is 2.53. The molecule has 1 rings (SSSR count). The molecule has 0 heterocycles. The van der Waals surface area contributed by atoms with E-state index in [1.807, 2.05) is 0 Å². The molecule has 0 atom stereocenters. The predicted molar refractivity (Wildman–Crippen MR) is 54.4 cm³/mol. The Labute approximate surface area is 94.8 Å². The monoisotopic (exact) mass is 254 g/mol. The number of phenols is 2. The smallest absolute Gasteiger partial charge is 0.253 e. The van der Waals surface area contributed by atoms with Crippen molar-refractivity contribution >= 4 is 40.6 Å². The second kappa shape index (κ2) is 3.85. The first kappa shape index (κ1) is 11.4. The molecular weight excluding hydrogens is 250 g/mol. The summed E-state index contributed by atoms with van der Waals surface area (Å²) in [5.41, 5.74) is 0.0142. The molecule has 0 unspecified atom stereocenters. The summed E-state index contributed by atoms with van der Waals surface area (Å²) in [5.74, 6) is -1.55. The quantitative estimate of drug-likeness (QED) is 0.461. The number of phenolic OH excluding ortho intramolecular Hbond substituents is 2. The van der Waals surface area contributed by atoms with Gasteiger partial charge in [0.15, 0.2) is 11.5 Å². The van der Waals surface area contributed by atoms with Crippen molar-refractivity contribution in [2.75, 3.05) is 0 Å². The highest BCUT2D eigenvalue weighted by molar-refractivity contribution is 6.77. The van der Waals surface area contributed by atoms with E-state index in [0.29, 0.717) is 0 Å². The third-order valence-corrected chi connectivity index (χ3v) is 2.01. The van der Waals surface area contributed by atoms with Crippen LogP contribution in [-0.4, -0.2) is 19.8 Å². The van der Waals surface area contributed by atoms with Crippen molar-refractivity contribution in [3.05, 3.63) is 23.8 Å². The molecule has 6 heteroatoms. The van der Waals surface area contributed by atoms with Crippen molar-refractivity contribution in [2.24, 2.45) is 0 Å². The van der Waals surface area contributed by atoms with Crippen molar-refractivity contribution in [3.63, 3.8) is 0 Å². The minimum Gasteiger partial charge on any atom is -0.504 e. The van der Waals surface area contributed by atoms with Crippen LogP contribution in [0.5, 0.6) is 11.5 Å². The van der Waals surface area contributed by atoms with E-state index in [-0.39, 0.29) is 11.3 Å². The number of benzene rings is 1. The van der Waals surface area contributed by atoms with Gasteiger partial charge in [0.25, 0.3) is 3.79 Å². The number of carbonyl (C=O) groups is 1. The lowest BCUT2D eigenvalue weighted by Gasteiger charge is -2.09. The molecule has 0 amide bonds. The van der Waals surface area contributed by atoms with Crippen LogP contribution in [0.1, 0.15) is 10.4 Å². The molecule has 76 valence electrons. The summed E-state index contributed by atoms with van der Waals surface area (Å²) >= 11 is 16.0. The van der Waals surface area contributed by atoms with Crippen LogP contribution in [0.15, 0.2) is 18.2 Å². The molecule has 0 aliphatic rings. The van der Waals surface area contributed by atoms with E-state index in [4.69, 9.17) is 45.0 Å². The van der Waals surface area contributed by atoms with E-state index in [1.54, 1.807) is 0 Å². The molecule has 14 heavy (non-hydrogen) atoms. The maximum absolute atomic E-state index is 11.3. The summed E-state index contributed by atoms with van der Waals surface area (Å²) < 4.78 is -2.07. The van der Waals surface area contributed by atoms with Gasteiger partial charge < -0.3 is 10.2 Å². The van der Waals surface area contributed by atoms with Crippen molar-refractivity contribution in [1.82, 2.24) is 0 Å². The van der Waals surface area contributed by atoms with Crippen molar-refractivity contribution in [2.45, 2.75) is 3.79 Å². The molecule has 0 aliphatic heterocycles. The molecular formula is C8H5Cl3O3. The second-order valence-corrected chi connectivity index (χ2v) is 4.81. The van der Waals surface area contributed by atoms with Gasteiger partial charge in [-0.15, -0.1) is 0 Å². The number of halogens is 3. The number of aromatic hydroxyl groups is 2. The lowest BCUT2D eigenvalue weighted by molar-refractivity contribution is 0.0996. The Hall–Kier alpha value is -0.640. The molecule has 2 N–H and O–H groups in total. The Bertz CT molecular complexity index is 371. The normalized spacial score (nSPS) is 11.4. The van der Waals surface area contributed by atoms with Gasteiger partial charge in [-0.3, -0.25) is 4.79 Å². The van der Waals surface area contributed by atoms with Gasteiger partial charge in [0.2, 0.25) is 5.78 Å². The summed E-state index contributed by atoms with van der Waals surface area (Å²) in [6.45, 7) is 0. The van der Waals surface area contributed by atoms with Crippen molar-refractivity contribution < 1.29 is 15.0 Å². The van der Waals surface area contributed by atoms with E-state index in [2.05, 4.69) is 0 Å². The van der Waals surface area contributed by atoms with Gasteiger partial charge in [-0.1, -0.05) is 34.8 Å². The number of rotatable bonds is 1. The van der Waals surface area contributed by atoms with Crippen molar-refractivity contribution in [3.8, 4) is 11.5 Å². The standard InChI is InChI=1S/C8H5Cl3O3/c9-8(10,11)7(14)4-1-2-5(12)6(13)3-4/h1-3,12-13H. The zero-order valence-electron chi connectivity index (χ0n) is 6.67. The van der Waals surface area contributed by atoms with Crippen LogP contribution < -0.4 is 0 Å². The Morgan fingerprint density at radius 3 is 2.14 bits per heavy atom. The zero-order valence-corrected chi connectivity index (χ0v) is 8.94. The van der Waals surface area contributed by atoms with Crippen molar-refractivity contribution in [1.29, 1.82) is 0 Å². The molecule has 3 nitrogen and oxygen atoms in total. The fraction of sp³-hybridized carbons (Fsp3) is 0.125. The van der Waals surface area contributed by atoms with E-state index in [1.165, 1.54) is 6.07 Å². The summed E-state index contributed by atoms with van der Waals surface area (Å²) in [6, 6.07) is 3.41. The molecule has 0 fully saturated rings. The lowest BCUT2D eigenvalue weighted by atomic mass is 10.1. The Balaban J connectivity index is 3.10. The molecule has 1 aromatic rings. The maximum Gasteiger partial charge on any atom is 0.253 e. The Morgan fingerprint density at radius 2 is 1.71 bits per heavy atom. The zero-order chi connectivity index (χ0) is 10.9. The van der Waals surface area contributed by atoms with Gasteiger partial charge in [-0.2, -0.15) is 0 Å². The average Bonchev–Trinajstić information content (AvgIpc) is 2.07. The van der Waals surface area contributed by atoms with Gasteiger partial charge in [-0.25, -0.2) is 0 Å². The largest absolute Gasteiger partial charge is 0.504 e. The molecule has 0 aromatic heterocycles. The van der Waals surface area contributed by atoms with E-state index >= 15 is 0 Å². The van der Waals surface area contributed by atoms with Crippen LogP contribution in [0.4, 0.5) is 0 Å². The Kier molecular flexibility index (Phi) is 3.14. The number of hydrogen-bond acceptors (Lipinski definition) is 3. The molecule has 0 radical (unpaired) electrons. The van der Waals surface area contributed by atoms with Crippen LogP contribution in [0.25, 0.3) is 0 Å². The SMILES string of the molecule is O=C(c1ccc(O)c(O)c1)C(Cl)(Cl)Cl. The van der Waals surface area contributed by atoms with E-state index in [9.17, 15) is 4.79 Å². The maximum atomic E-state index is 11.3. The van der Waals surface area contributed by atoms with Crippen LogP contribution in [0.3, 0.4) is 0 Å². The van der Waals surface area contributed by atoms with Gasteiger partial charge in [0, 0.05) is 5.56 Å². The summed E-state index contributed by atoms with van der Waals surface area (Å²) in [7, 11) is 0. The number of carbonyl (C=O) groups excluding carboxylic acids is 1. The molecule has 0 saturated heterocycles. The third-order valence-electron chi connectivity index (χ3n) is 1.50. The molecule has 0 saturated carbocycles. The Morgan fingerprint density at radius 1 is 1.14 bits per heavy atom. The number of Topliss-reactive ketones (excluding diaryl/α,β-unsaturated/α-hetero) is 1. The van der Waals surface area contributed by atoms with Crippen LogP contribution in [0.2, 0.25) is 0 Å².